The van der Waals surface area contributed by atoms with Gasteiger partial charge in [0, 0.05) is 49.7 Å². The predicted octanol–water partition coefficient (Wildman–Crippen LogP) is 3.66. The summed E-state index contributed by atoms with van der Waals surface area (Å²) in [5.41, 5.74) is -0.366. The number of rotatable bonds is 6. The normalized spacial score (nSPS) is 42.1. The second-order valence-electron chi connectivity index (χ2n) is 14.0. The van der Waals surface area contributed by atoms with E-state index in [1.807, 2.05) is 11.9 Å². The molecule has 8 atom stereocenters. The number of hydrogen-bond donors (Lipinski definition) is 2. The molecule has 8 heteroatoms. The Bertz CT molecular complexity index is 895. The Hall–Kier alpha value is -1.25. The van der Waals surface area contributed by atoms with Gasteiger partial charge in [0.25, 0.3) is 0 Å². The first-order valence-electron chi connectivity index (χ1n) is 16.2. The molecular formula is C31H51FN4O3. The lowest BCUT2D eigenvalue weighted by molar-refractivity contribution is -0.150. The lowest BCUT2D eigenvalue weighted by atomic mass is 9.56. The number of likely N-dealkylation sites (tertiary alicyclic amines) is 1. The zero-order valence-electron chi connectivity index (χ0n) is 24.2. The summed E-state index contributed by atoms with van der Waals surface area (Å²) in [5, 5.41) is 7.13. The molecule has 3 heterocycles. The van der Waals surface area contributed by atoms with Crippen molar-refractivity contribution in [1.29, 1.82) is 0 Å². The lowest BCUT2D eigenvalue weighted by Gasteiger charge is -2.51. The van der Waals surface area contributed by atoms with Crippen LogP contribution in [-0.2, 0) is 14.3 Å². The molecule has 0 bridgehead atoms. The van der Waals surface area contributed by atoms with Crippen LogP contribution in [0.2, 0.25) is 0 Å². The summed E-state index contributed by atoms with van der Waals surface area (Å²) in [6.07, 6.45) is 12.6. The van der Waals surface area contributed by atoms with Crippen molar-refractivity contribution in [2.75, 3.05) is 33.4 Å². The SMILES string of the molecule is CC1CCC(F)C2(C3CCCCC3)CC(C(=O)N[C@@H]3CCC[C@H](N4CCC(N(C)C(=O)C5COC5)C4)C3)NC12. The van der Waals surface area contributed by atoms with Gasteiger partial charge in [-0.25, -0.2) is 4.39 Å². The van der Waals surface area contributed by atoms with E-state index >= 15 is 4.39 Å². The molecule has 0 radical (unpaired) electrons. The molecule has 3 aliphatic carbocycles. The van der Waals surface area contributed by atoms with E-state index in [4.69, 9.17) is 4.74 Å². The summed E-state index contributed by atoms with van der Waals surface area (Å²) < 4.78 is 21.1. The zero-order chi connectivity index (χ0) is 27.1. The zero-order valence-corrected chi connectivity index (χ0v) is 24.2. The first-order valence-corrected chi connectivity index (χ1v) is 16.2. The number of nitrogens with zero attached hydrogens (tertiary/aromatic N) is 2. The van der Waals surface area contributed by atoms with E-state index in [1.54, 1.807) is 0 Å². The van der Waals surface area contributed by atoms with Gasteiger partial charge in [0.05, 0.1) is 25.2 Å². The third-order valence-corrected chi connectivity index (χ3v) is 11.8. The minimum atomic E-state index is -0.795. The number of amides is 2. The maximum absolute atomic E-state index is 15.9. The summed E-state index contributed by atoms with van der Waals surface area (Å²) in [6.45, 7) is 5.33. The van der Waals surface area contributed by atoms with E-state index in [0.717, 1.165) is 64.5 Å². The second-order valence-corrected chi connectivity index (χ2v) is 14.0. The summed E-state index contributed by atoms with van der Waals surface area (Å²) >= 11 is 0. The standard InChI is InChI=1S/C31H51FN4O3/c1-20-11-12-27(32)31(22-7-4-3-5-8-22)16-26(34-28(20)31)29(37)33-23-9-6-10-24(15-23)36-14-13-25(17-36)35(2)30(38)21-18-39-19-21/h20-28,34H,3-19H2,1-2H3,(H,33,37)/t20?,23-,24+,25?,26?,27?,28?,31?/m1/s1. The number of ether oxygens (including phenoxy) is 1. The minimum Gasteiger partial charge on any atom is -0.380 e. The molecule has 6 fully saturated rings. The molecule has 220 valence electrons. The van der Waals surface area contributed by atoms with Gasteiger partial charge >= 0.3 is 0 Å². The monoisotopic (exact) mass is 546 g/mol. The third-order valence-electron chi connectivity index (χ3n) is 11.8. The van der Waals surface area contributed by atoms with Crippen molar-refractivity contribution in [1.82, 2.24) is 20.4 Å². The van der Waals surface area contributed by atoms with Crippen molar-refractivity contribution in [2.45, 2.75) is 127 Å². The highest BCUT2D eigenvalue weighted by atomic mass is 19.1. The molecule has 7 nitrogen and oxygen atoms in total. The highest BCUT2D eigenvalue weighted by Crippen LogP contribution is 2.56. The van der Waals surface area contributed by atoms with Crippen LogP contribution in [0.3, 0.4) is 0 Å². The van der Waals surface area contributed by atoms with Gasteiger partial charge < -0.3 is 20.3 Å². The number of carbonyl (C=O) groups excluding carboxylic acids is 2. The first kappa shape index (κ1) is 27.9. The maximum Gasteiger partial charge on any atom is 0.237 e. The topological polar surface area (TPSA) is 73.9 Å². The molecule has 0 aromatic carbocycles. The molecule has 2 amide bonds. The van der Waals surface area contributed by atoms with Gasteiger partial charge in [0.1, 0.15) is 6.17 Å². The fourth-order valence-corrected chi connectivity index (χ4v) is 9.45. The summed E-state index contributed by atoms with van der Waals surface area (Å²) in [7, 11) is 1.95. The van der Waals surface area contributed by atoms with Crippen LogP contribution in [0.4, 0.5) is 4.39 Å². The first-order chi connectivity index (χ1) is 18.9. The predicted molar refractivity (Wildman–Crippen MR) is 149 cm³/mol. The smallest absolute Gasteiger partial charge is 0.237 e. The van der Waals surface area contributed by atoms with Crippen LogP contribution in [0, 0.1) is 23.2 Å². The maximum atomic E-state index is 15.9. The van der Waals surface area contributed by atoms with Crippen molar-refractivity contribution in [3.05, 3.63) is 0 Å². The highest BCUT2D eigenvalue weighted by Gasteiger charge is 2.60. The molecule has 3 saturated heterocycles. The molecule has 6 aliphatic rings. The molecule has 3 aliphatic heterocycles. The highest BCUT2D eigenvalue weighted by molar-refractivity contribution is 5.82. The number of likely N-dealkylation sites (N-methyl/N-ethyl adjacent to an activating group) is 1. The molecule has 2 N–H and O–H groups in total. The number of halogens is 1. The summed E-state index contributed by atoms with van der Waals surface area (Å²) in [4.78, 5) is 30.9. The number of alkyl halides is 1. The average molecular weight is 547 g/mol. The molecule has 6 rings (SSSR count). The Morgan fingerprint density at radius 3 is 2.56 bits per heavy atom. The van der Waals surface area contributed by atoms with Crippen molar-refractivity contribution < 1.29 is 18.7 Å². The summed E-state index contributed by atoms with van der Waals surface area (Å²) in [5.74, 6) is 1.18. The lowest BCUT2D eigenvalue weighted by Crippen LogP contribution is -2.55. The summed E-state index contributed by atoms with van der Waals surface area (Å²) in [6, 6.07) is 0.739. The third kappa shape index (κ3) is 5.27. The van der Waals surface area contributed by atoms with E-state index in [-0.39, 0.29) is 47.3 Å². The molecule has 39 heavy (non-hydrogen) atoms. The largest absolute Gasteiger partial charge is 0.380 e. The fraction of sp³-hybridized carbons (Fsp3) is 0.935. The van der Waals surface area contributed by atoms with E-state index in [9.17, 15) is 9.59 Å². The molecule has 0 aromatic heterocycles. The van der Waals surface area contributed by atoms with E-state index < -0.39 is 6.17 Å². The Kier molecular flexibility index (Phi) is 8.27. The number of nitrogens with one attached hydrogen (secondary N) is 2. The van der Waals surface area contributed by atoms with Gasteiger partial charge in [-0.2, -0.15) is 0 Å². The second kappa shape index (κ2) is 11.6. The molecule has 3 saturated carbocycles. The van der Waals surface area contributed by atoms with Gasteiger partial charge in [-0.3, -0.25) is 14.5 Å². The number of carbonyl (C=O) groups is 2. The Balaban J connectivity index is 1.05. The fourth-order valence-electron chi connectivity index (χ4n) is 9.45. The molecule has 0 aromatic rings. The van der Waals surface area contributed by atoms with Gasteiger partial charge in [-0.15, -0.1) is 0 Å². The van der Waals surface area contributed by atoms with Gasteiger partial charge in [-0.05, 0) is 76.0 Å². The van der Waals surface area contributed by atoms with Crippen LogP contribution in [0.5, 0.6) is 0 Å². The van der Waals surface area contributed by atoms with Crippen molar-refractivity contribution in [2.24, 2.45) is 23.2 Å². The minimum absolute atomic E-state index is 0.0410. The van der Waals surface area contributed by atoms with E-state index in [2.05, 4.69) is 22.5 Å². The Morgan fingerprint density at radius 2 is 1.82 bits per heavy atom. The van der Waals surface area contributed by atoms with Crippen LogP contribution in [-0.4, -0.2) is 91.3 Å². The van der Waals surface area contributed by atoms with Crippen LogP contribution in [0.1, 0.15) is 90.4 Å². The van der Waals surface area contributed by atoms with Crippen LogP contribution < -0.4 is 10.6 Å². The number of fused-ring (bicyclic) bond motifs is 1. The van der Waals surface area contributed by atoms with E-state index in [0.29, 0.717) is 43.9 Å². The van der Waals surface area contributed by atoms with Crippen molar-refractivity contribution in [3.63, 3.8) is 0 Å². The van der Waals surface area contributed by atoms with Crippen LogP contribution in [0.25, 0.3) is 0 Å². The van der Waals surface area contributed by atoms with Gasteiger partial charge in [-0.1, -0.05) is 26.2 Å². The van der Waals surface area contributed by atoms with Crippen LogP contribution in [0.15, 0.2) is 0 Å². The Morgan fingerprint density at radius 1 is 1.03 bits per heavy atom. The van der Waals surface area contributed by atoms with Crippen LogP contribution >= 0.6 is 0 Å². The average Bonchev–Trinajstić information content (AvgIpc) is 3.58. The molecular weight excluding hydrogens is 495 g/mol. The quantitative estimate of drug-likeness (QED) is 0.532. The van der Waals surface area contributed by atoms with Crippen molar-refractivity contribution in [3.8, 4) is 0 Å². The van der Waals surface area contributed by atoms with E-state index in [1.165, 1.54) is 19.3 Å². The van der Waals surface area contributed by atoms with Gasteiger partial charge in [0.15, 0.2) is 0 Å². The van der Waals surface area contributed by atoms with Gasteiger partial charge in [0.2, 0.25) is 11.8 Å². The Labute approximate surface area is 234 Å². The molecule has 6 unspecified atom stereocenters. The molecule has 0 spiro atoms. The van der Waals surface area contributed by atoms with Crippen molar-refractivity contribution >= 4 is 11.8 Å². The number of hydrogen-bond acceptors (Lipinski definition) is 5.